The van der Waals surface area contributed by atoms with E-state index in [0.29, 0.717) is 19.0 Å². The van der Waals surface area contributed by atoms with E-state index in [1.165, 1.54) is 12.8 Å². The molecule has 1 unspecified atom stereocenters. The van der Waals surface area contributed by atoms with Crippen molar-refractivity contribution in [2.24, 2.45) is 5.92 Å². The normalized spacial score (nSPS) is 18.6. The Hall–Kier alpha value is -2.56. The van der Waals surface area contributed by atoms with Crippen molar-refractivity contribution in [1.29, 1.82) is 0 Å². The third-order valence-electron chi connectivity index (χ3n) is 4.44. The Morgan fingerprint density at radius 3 is 2.83 bits per heavy atom. The Balaban J connectivity index is 1.56. The van der Waals surface area contributed by atoms with Crippen LogP contribution in [0.2, 0.25) is 0 Å². The van der Waals surface area contributed by atoms with Gasteiger partial charge in [-0.2, -0.15) is 0 Å². The maximum atomic E-state index is 11.8. The maximum absolute atomic E-state index is 11.8. The van der Waals surface area contributed by atoms with Gasteiger partial charge in [0.25, 0.3) is 0 Å². The van der Waals surface area contributed by atoms with E-state index in [2.05, 4.69) is 27.8 Å². The fraction of sp³-hybridized carbons (Fsp3) is 0.333. The van der Waals surface area contributed by atoms with Crippen molar-refractivity contribution < 1.29 is 4.79 Å². The van der Waals surface area contributed by atoms with Crippen molar-refractivity contribution >= 4 is 17.4 Å². The van der Waals surface area contributed by atoms with E-state index in [9.17, 15) is 4.79 Å². The van der Waals surface area contributed by atoms with Gasteiger partial charge in [-0.15, -0.1) is 0 Å². The molecule has 1 aliphatic carbocycles. The Bertz CT molecular complexity index is 699. The van der Waals surface area contributed by atoms with Gasteiger partial charge in [0.05, 0.1) is 11.7 Å². The zero-order chi connectivity index (χ0) is 15.6. The topological polar surface area (TPSA) is 57.3 Å². The van der Waals surface area contributed by atoms with Gasteiger partial charge < -0.3 is 10.6 Å². The van der Waals surface area contributed by atoms with E-state index >= 15 is 0 Å². The van der Waals surface area contributed by atoms with Crippen LogP contribution in [0.4, 0.5) is 16.2 Å². The van der Waals surface area contributed by atoms with Gasteiger partial charge in [0, 0.05) is 30.7 Å². The van der Waals surface area contributed by atoms with E-state index in [1.807, 2.05) is 36.5 Å². The molecule has 0 spiro atoms. The number of nitrogens with one attached hydrogen (secondary N) is 2. The van der Waals surface area contributed by atoms with Crippen molar-refractivity contribution in [1.82, 2.24) is 10.3 Å². The van der Waals surface area contributed by atoms with E-state index in [1.54, 1.807) is 4.90 Å². The van der Waals surface area contributed by atoms with E-state index in [0.717, 1.165) is 17.1 Å². The fourth-order valence-electron chi connectivity index (χ4n) is 3.08. The molecule has 1 aliphatic heterocycles. The first-order valence-corrected chi connectivity index (χ1v) is 8.14. The van der Waals surface area contributed by atoms with Crippen molar-refractivity contribution in [3.8, 4) is 0 Å². The van der Waals surface area contributed by atoms with Crippen molar-refractivity contribution in [2.45, 2.75) is 18.9 Å². The fourth-order valence-corrected chi connectivity index (χ4v) is 3.08. The minimum atomic E-state index is -0.0226. The average molecular weight is 308 g/mol. The van der Waals surface area contributed by atoms with Crippen LogP contribution in [0, 0.1) is 5.92 Å². The minimum absolute atomic E-state index is 0.0226. The highest BCUT2D eigenvalue weighted by molar-refractivity contribution is 5.94. The van der Waals surface area contributed by atoms with Gasteiger partial charge in [-0.3, -0.25) is 9.88 Å². The second kappa shape index (κ2) is 5.91. The number of hydrogen-bond donors (Lipinski definition) is 2. The monoisotopic (exact) mass is 308 g/mol. The summed E-state index contributed by atoms with van der Waals surface area (Å²) in [4.78, 5) is 18.1. The van der Waals surface area contributed by atoms with E-state index in [4.69, 9.17) is 0 Å². The van der Waals surface area contributed by atoms with Crippen LogP contribution in [-0.4, -0.2) is 24.1 Å². The summed E-state index contributed by atoms with van der Waals surface area (Å²) in [5.74, 6) is 0.642. The highest BCUT2D eigenvalue weighted by Gasteiger charge is 2.33. The molecule has 1 saturated heterocycles. The van der Waals surface area contributed by atoms with Gasteiger partial charge in [0.2, 0.25) is 0 Å². The molecular weight excluding hydrogens is 288 g/mol. The molecule has 0 radical (unpaired) electrons. The average Bonchev–Trinajstić information content (AvgIpc) is 3.34. The first-order chi connectivity index (χ1) is 11.3. The van der Waals surface area contributed by atoms with Crippen molar-refractivity contribution in [2.75, 3.05) is 23.3 Å². The number of hydrogen-bond acceptors (Lipinski definition) is 3. The summed E-state index contributed by atoms with van der Waals surface area (Å²) in [5.41, 5.74) is 3.05. The van der Waals surface area contributed by atoms with Gasteiger partial charge in [-0.05, 0) is 49.1 Å². The number of rotatable bonds is 5. The van der Waals surface area contributed by atoms with Crippen LogP contribution in [0.15, 0.2) is 48.7 Å². The molecule has 2 heterocycles. The summed E-state index contributed by atoms with van der Waals surface area (Å²) in [7, 11) is 0. The lowest BCUT2D eigenvalue weighted by molar-refractivity contribution is 0.252. The zero-order valence-corrected chi connectivity index (χ0v) is 12.9. The third kappa shape index (κ3) is 2.99. The molecule has 1 aromatic carbocycles. The standard InChI is InChI=1S/C18H20N4O/c23-18-20-10-11-22(18)15-5-3-4-14(12-15)21-17(13-7-8-13)16-6-1-2-9-19-16/h1-6,9,12-13,17,21H,7-8,10-11H2,(H,20,23). The number of carbonyl (C=O) groups is 1. The van der Waals surface area contributed by atoms with Crippen LogP contribution in [0.5, 0.6) is 0 Å². The summed E-state index contributed by atoms with van der Waals surface area (Å²) >= 11 is 0. The number of amides is 2. The molecule has 4 rings (SSSR count). The Labute approximate surface area is 135 Å². The molecule has 5 heteroatoms. The lowest BCUT2D eigenvalue weighted by atomic mass is 10.1. The van der Waals surface area contributed by atoms with Gasteiger partial charge in [-0.1, -0.05) is 12.1 Å². The number of urea groups is 1. The number of pyridine rings is 1. The van der Waals surface area contributed by atoms with Crippen LogP contribution in [0.1, 0.15) is 24.6 Å². The molecule has 118 valence electrons. The lowest BCUT2D eigenvalue weighted by Gasteiger charge is -2.21. The summed E-state index contributed by atoms with van der Waals surface area (Å²) in [6, 6.07) is 14.3. The molecule has 2 aromatic rings. The zero-order valence-electron chi connectivity index (χ0n) is 12.9. The molecule has 2 fully saturated rings. The summed E-state index contributed by atoms with van der Waals surface area (Å²) in [5, 5.41) is 6.45. The maximum Gasteiger partial charge on any atom is 0.321 e. The van der Waals surface area contributed by atoms with Gasteiger partial charge >= 0.3 is 6.03 Å². The van der Waals surface area contributed by atoms with Crippen LogP contribution >= 0.6 is 0 Å². The predicted molar refractivity (Wildman–Crippen MR) is 90.5 cm³/mol. The number of aromatic nitrogens is 1. The van der Waals surface area contributed by atoms with Crippen LogP contribution in [-0.2, 0) is 0 Å². The summed E-state index contributed by atoms with van der Waals surface area (Å²) < 4.78 is 0. The number of nitrogens with zero attached hydrogens (tertiary/aromatic N) is 2. The molecular formula is C18H20N4O. The molecule has 0 bridgehead atoms. The summed E-state index contributed by atoms with van der Waals surface area (Å²) in [6.07, 6.45) is 4.32. The smallest absolute Gasteiger partial charge is 0.321 e. The molecule has 1 atom stereocenters. The SMILES string of the molecule is O=C1NCCN1c1cccc(NC(c2ccccn2)C2CC2)c1. The molecule has 1 aromatic heterocycles. The van der Waals surface area contributed by atoms with Crippen LogP contribution < -0.4 is 15.5 Å². The number of anilines is 2. The Kier molecular flexibility index (Phi) is 3.61. The largest absolute Gasteiger partial charge is 0.376 e. The van der Waals surface area contributed by atoms with Crippen molar-refractivity contribution in [3.63, 3.8) is 0 Å². The molecule has 2 N–H and O–H groups in total. The predicted octanol–water partition coefficient (Wildman–Crippen LogP) is 3.17. The van der Waals surface area contributed by atoms with Gasteiger partial charge in [0.1, 0.15) is 0 Å². The summed E-state index contributed by atoms with van der Waals surface area (Å²) in [6.45, 7) is 1.42. The quantitative estimate of drug-likeness (QED) is 0.892. The van der Waals surface area contributed by atoms with Gasteiger partial charge in [0.15, 0.2) is 0 Å². The highest BCUT2D eigenvalue weighted by Crippen LogP contribution is 2.42. The number of benzene rings is 1. The number of carbonyl (C=O) groups excluding carboxylic acids is 1. The Morgan fingerprint density at radius 2 is 2.13 bits per heavy atom. The molecule has 2 aliphatic rings. The van der Waals surface area contributed by atoms with Crippen LogP contribution in [0.3, 0.4) is 0 Å². The lowest BCUT2D eigenvalue weighted by Crippen LogP contribution is -2.27. The first kappa shape index (κ1) is 14.1. The molecule has 1 saturated carbocycles. The van der Waals surface area contributed by atoms with E-state index in [-0.39, 0.29) is 12.1 Å². The van der Waals surface area contributed by atoms with Gasteiger partial charge in [-0.25, -0.2) is 4.79 Å². The molecule has 23 heavy (non-hydrogen) atoms. The molecule has 2 amide bonds. The Morgan fingerprint density at radius 1 is 1.22 bits per heavy atom. The second-order valence-electron chi connectivity index (χ2n) is 6.15. The second-order valence-corrected chi connectivity index (χ2v) is 6.15. The third-order valence-corrected chi connectivity index (χ3v) is 4.44. The highest BCUT2D eigenvalue weighted by atomic mass is 16.2. The van der Waals surface area contributed by atoms with Crippen molar-refractivity contribution in [3.05, 3.63) is 54.4 Å². The van der Waals surface area contributed by atoms with E-state index < -0.39 is 0 Å². The first-order valence-electron chi connectivity index (χ1n) is 8.14. The molecule has 5 nitrogen and oxygen atoms in total. The minimum Gasteiger partial charge on any atom is -0.376 e. The van der Waals surface area contributed by atoms with Crippen LogP contribution in [0.25, 0.3) is 0 Å².